The van der Waals surface area contributed by atoms with Crippen LogP contribution in [0.4, 0.5) is 8.78 Å². The van der Waals surface area contributed by atoms with Gasteiger partial charge in [-0.3, -0.25) is 9.69 Å². The van der Waals surface area contributed by atoms with E-state index in [0.717, 1.165) is 13.1 Å². The number of amides is 1. The third kappa shape index (κ3) is 5.27. The van der Waals surface area contributed by atoms with E-state index < -0.39 is 6.61 Å². The Bertz CT molecular complexity index is 590. The van der Waals surface area contributed by atoms with Crippen LogP contribution in [0.3, 0.4) is 0 Å². The van der Waals surface area contributed by atoms with Gasteiger partial charge in [0.25, 0.3) is 5.91 Å². The number of benzene rings is 1. The molecule has 1 N–H and O–H groups in total. The highest BCUT2D eigenvalue weighted by Gasteiger charge is 2.28. The van der Waals surface area contributed by atoms with E-state index in [1.165, 1.54) is 25.3 Å². The first-order valence-electron chi connectivity index (χ1n) is 8.07. The van der Waals surface area contributed by atoms with Crippen LogP contribution < -0.4 is 14.8 Å². The number of hydrogen-bond acceptors (Lipinski definition) is 5. The van der Waals surface area contributed by atoms with Crippen molar-refractivity contribution in [2.45, 2.75) is 26.0 Å². The smallest absolute Gasteiger partial charge is 0.387 e. The van der Waals surface area contributed by atoms with Crippen LogP contribution in [0.15, 0.2) is 18.2 Å². The molecule has 1 amide bonds. The maximum absolute atomic E-state index is 12.4. The molecule has 0 radical (unpaired) electrons. The van der Waals surface area contributed by atoms with Gasteiger partial charge in [-0.2, -0.15) is 8.78 Å². The number of methoxy groups -OCH3 is 1. The molecule has 0 bridgehead atoms. The van der Waals surface area contributed by atoms with Gasteiger partial charge < -0.3 is 19.5 Å². The normalized spacial score (nSPS) is 15.9. The van der Waals surface area contributed by atoms with Gasteiger partial charge in [-0.25, -0.2) is 0 Å². The van der Waals surface area contributed by atoms with E-state index in [2.05, 4.69) is 28.8 Å². The molecule has 0 atom stereocenters. The standard InChI is InChI=1S/C17H24F2N2O4/c1-17(2,21-6-8-24-9-7-21)11-20-15(22)12-4-5-13(25-16(18)19)14(10-12)23-3/h4-5,10,16H,6-9,11H2,1-3H3,(H,20,22). The number of rotatable bonds is 7. The molecule has 1 saturated heterocycles. The zero-order valence-corrected chi connectivity index (χ0v) is 14.7. The van der Waals surface area contributed by atoms with Crippen LogP contribution in [0.1, 0.15) is 24.2 Å². The highest BCUT2D eigenvalue weighted by Crippen LogP contribution is 2.29. The molecule has 8 heteroatoms. The summed E-state index contributed by atoms with van der Waals surface area (Å²) in [5.41, 5.74) is 0.0960. The van der Waals surface area contributed by atoms with Crippen molar-refractivity contribution in [3.63, 3.8) is 0 Å². The van der Waals surface area contributed by atoms with Crippen LogP contribution in [0.2, 0.25) is 0 Å². The molecule has 25 heavy (non-hydrogen) atoms. The summed E-state index contributed by atoms with van der Waals surface area (Å²) in [6.45, 7) is 4.59. The molecule has 0 spiro atoms. The van der Waals surface area contributed by atoms with Crippen LogP contribution in [0.25, 0.3) is 0 Å². The van der Waals surface area contributed by atoms with Crippen LogP contribution in [-0.4, -0.2) is 62.9 Å². The molecule has 1 aromatic carbocycles. The summed E-state index contributed by atoms with van der Waals surface area (Å²) in [6, 6.07) is 4.11. The number of nitrogens with zero attached hydrogens (tertiary/aromatic N) is 1. The highest BCUT2D eigenvalue weighted by atomic mass is 19.3. The van der Waals surface area contributed by atoms with Gasteiger partial charge in [-0.05, 0) is 32.0 Å². The Morgan fingerprint density at radius 2 is 2.00 bits per heavy atom. The first-order chi connectivity index (χ1) is 11.8. The SMILES string of the molecule is COc1cc(C(=O)NCC(C)(C)N2CCOCC2)ccc1OC(F)F. The Morgan fingerprint density at radius 3 is 2.60 bits per heavy atom. The molecule has 6 nitrogen and oxygen atoms in total. The van der Waals surface area contributed by atoms with Crippen molar-refractivity contribution < 1.29 is 27.8 Å². The van der Waals surface area contributed by atoms with Gasteiger partial charge in [0.05, 0.1) is 20.3 Å². The maximum atomic E-state index is 12.4. The van der Waals surface area contributed by atoms with Crippen molar-refractivity contribution in [2.24, 2.45) is 0 Å². The minimum Gasteiger partial charge on any atom is -0.493 e. The van der Waals surface area contributed by atoms with E-state index in [1.807, 2.05) is 0 Å². The number of ether oxygens (including phenoxy) is 3. The second kappa shape index (κ2) is 8.44. The minimum absolute atomic E-state index is 0.0837. The van der Waals surface area contributed by atoms with Gasteiger partial charge in [-0.15, -0.1) is 0 Å². The zero-order chi connectivity index (χ0) is 18.4. The Labute approximate surface area is 146 Å². The lowest BCUT2D eigenvalue weighted by atomic mass is 10.0. The maximum Gasteiger partial charge on any atom is 0.387 e. The number of morpholine rings is 1. The summed E-state index contributed by atoms with van der Waals surface area (Å²) in [6.07, 6.45) is 0. The van der Waals surface area contributed by atoms with Gasteiger partial charge in [0.1, 0.15) is 0 Å². The summed E-state index contributed by atoms with van der Waals surface area (Å²) in [4.78, 5) is 14.6. The Hall–Kier alpha value is -1.93. The van der Waals surface area contributed by atoms with Crippen LogP contribution >= 0.6 is 0 Å². The molecule has 0 saturated carbocycles. The Kier molecular flexibility index (Phi) is 6.55. The number of carbonyl (C=O) groups excluding carboxylic acids is 1. The van der Waals surface area contributed by atoms with Crippen molar-refractivity contribution >= 4 is 5.91 Å². The van der Waals surface area contributed by atoms with Crippen molar-refractivity contribution in [1.29, 1.82) is 0 Å². The first kappa shape index (κ1) is 19.4. The van der Waals surface area contributed by atoms with E-state index in [-0.39, 0.29) is 22.9 Å². The summed E-state index contributed by atoms with van der Waals surface area (Å²) >= 11 is 0. The topological polar surface area (TPSA) is 60.0 Å². The average molecular weight is 358 g/mol. The first-order valence-corrected chi connectivity index (χ1v) is 8.07. The van der Waals surface area contributed by atoms with Crippen molar-refractivity contribution in [3.8, 4) is 11.5 Å². The molecular formula is C17H24F2N2O4. The van der Waals surface area contributed by atoms with Crippen LogP contribution in [-0.2, 0) is 4.74 Å². The largest absolute Gasteiger partial charge is 0.493 e. The third-order valence-electron chi connectivity index (χ3n) is 4.19. The molecule has 2 rings (SSSR count). The molecule has 0 aromatic heterocycles. The van der Waals surface area contributed by atoms with Gasteiger partial charge in [0.2, 0.25) is 0 Å². The predicted octanol–water partition coefficient (Wildman–Crippen LogP) is 2.14. The summed E-state index contributed by atoms with van der Waals surface area (Å²) in [5.74, 6) is -0.327. The van der Waals surface area contributed by atoms with E-state index in [0.29, 0.717) is 25.3 Å². The molecule has 1 aliphatic heterocycles. The predicted molar refractivity (Wildman–Crippen MR) is 88.4 cm³/mol. The minimum atomic E-state index is -2.96. The summed E-state index contributed by atoms with van der Waals surface area (Å²) < 4.78 is 39.4. The van der Waals surface area contributed by atoms with Crippen LogP contribution in [0.5, 0.6) is 11.5 Å². The van der Waals surface area contributed by atoms with Gasteiger partial charge in [-0.1, -0.05) is 0 Å². The lowest BCUT2D eigenvalue weighted by Gasteiger charge is -2.40. The Morgan fingerprint density at radius 1 is 1.32 bits per heavy atom. The fourth-order valence-electron chi connectivity index (χ4n) is 2.68. The average Bonchev–Trinajstić information content (AvgIpc) is 2.60. The lowest BCUT2D eigenvalue weighted by Crippen LogP contribution is -2.55. The molecule has 1 aromatic rings. The summed E-state index contributed by atoms with van der Waals surface area (Å²) in [5, 5.41) is 2.88. The second-order valence-corrected chi connectivity index (χ2v) is 6.34. The van der Waals surface area contributed by atoms with Crippen molar-refractivity contribution in [1.82, 2.24) is 10.2 Å². The second-order valence-electron chi connectivity index (χ2n) is 6.34. The zero-order valence-electron chi connectivity index (χ0n) is 14.7. The molecule has 1 fully saturated rings. The quantitative estimate of drug-likeness (QED) is 0.809. The lowest BCUT2D eigenvalue weighted by molar-refractivity contribution is -0.0512. The van der Waals surface area contributed by atoms with E-state index in [1.54, 1.807) is 0 Å². The molecule has 1 heterocycles. The van der Waals surface area contributed by atoms with Gasteiger partial charge >= 0.3 is 6.61 Å². The van der Waals surface area contributed by atoms with Crippen molar-refractivity contribution in [2.75, 3.05) is 40.0 Å². The number of hydrogen-bond donors (Lipinski definition) is 1. The van der Waals surface area contributed by atoms with Gasteiger partial charge in [0.15, 0.2) is 11.5 Å². The third-order valence-corrected chi connectivity index (χ3v) is 4.19. The fourth-order valence-corrected chi connectivity index (χ4v) is 2.68. The molecule has 0 aliphatic carbocycles. The molecule has 0 unspecified atom stereocenters. The molecule has 140 valence electrons. The van der Waals surface area contributed by atoms with E-state index in [9.17, 15) is 13.6 Å². The molecular weight excluding hydrogens is 334 g/mol. The number of nitrogens with one attached hydrogen (secondary N) is 1. The van der Waals surface area contributed by atoms with E-state index in [4.69, 9.17) is 9.47 Å². The summed E-state index contributed by atoms with van der Waals surface area (Å²) in [7, 11) is 1.33. The highest BCUT2D eigenvalue weighted by molar-refractivity contribution is 5.94. The number of carbonyl (C=O) groups is 1. The van der Waals surface area contributed by atoms with Gasteiger partial charge in [0, 0.05) is 30.7 Å². The van der Waals surface area contributed by atoms with Crippen molar-refractivity contribution in [3.05, 3.63) is 23.8 Å². The number of alkyl halides is 2. The Balaban J connectivity index is 2.00. The monoisotopic (exact) mass is 358 g/mol. The number of halogens is 2. The molecule has 1 aliphatic rings. The van der Waals surface area contributed by atoms with Crippen LogP contribution in [0, 0.1) is 0 Å². The fraction of sp³-hybridized carbons (Fsp3) is 0.588. The van der Waals surface area contributed by atoms with E-state index >= 15 is 0 Å².